The Morgan fingerprint density at radius 2 is 0.485 bits per heavy atom. The molecular formula is C62H118O6. The zero-order chi connectivity index (χ0) is 49.3. The summed E-state index contributed by atoms with van der Waals surface area (Å²) in [6.45, 7) is 6.66. The van der Waals surface area contributed by atoms with Gasteiger partial charge in [0.1, 0.15) is 13.2 Å². The van der Waals surface area contributed by atoms with Gasteiger partial charge in [0, 0.05) is 19.3 Å². The molecule has 6 nitrogen and oxygen atoms in total. The molecule has 1 unspecified atom stereocenters. The van der Waals surface area contributed by atoms with E-state index in [4.69, 9.17) is 14.2 Å². The predicted octanol–water partition coefficient (Wildman–Crippen LogP) is 20.5. The van der Waals surface area contributed by atoms with Gasteiger partial charge in [-0.2, -0.15) is 0 Å². The number of carbonyl (C=O) groups excluding carboxylic acids is 3. The molecule has 0 rings (SSSR count). The van der Waals surface area contributed by atoms with Gasteiger partial charge in [0.25, 0.3) is 0 Å². The molecule has 6 heteroatoms. The van der Waals surface area contributed by atoms with Crippen LogP contribution in [0.5, 0.6) is 0 Å². The van der Waals surface area contributed by atoms with E-state index in [9.17, 15) is 14.4 Å². The average molecular weight is 960 g/mol. The van der Waals surface area contributed by atoms with Gasteiger partial charge in [-0.25, -0.2) is 0 Å². The van der Waals surface area contributed by atoms with Gasteiger partial charge in [0.05, 0.1) is 0 Å². The van der Waals surface area contributed by atoms with E-state index in [0.29, 0.717) is 19.3 Å². The van der Waals surface area contributed by atoms with Crippen molar-refractivity contribution in [3.8, 4) is 0 Å². The molecule has 0 aliphatic carbocycles. The van der Waals surface area contributed by atoms with E-state index in [2.05, 4.69) is 32.9 Å². The molecule has 0 aliphatic rings. The fourth-order valence-electron chi connectivity index (χ4n) is 9.38. The molecule has 0 saturated heterocycles. The number of rotatable bonds is 57. The molecule has 0 radical (unpaired) electrons. The smallest absolute Gasteiger partial charge is 0.306 e. The second-order valence-electron chi connectivity index (χ2n) is 21.0. The summed E-state index contributed by atoms with van der Waals surface area (Å²) >= 11 is 0. The Hall–Kier alpha value is -1.85. The Morgan fingerprint density at radius 1 is 0.279 bits per heavy atom. The van der Waals surface area contributed by atoms with E-state index in [1.165, 1.54) is 244 Å². The highest BCUT2D eigenvalue weighted by molar-refractivity contribution is 5.71. The van der Waals surface area contributed by atoms with Crippen LogP contribution in [-0.2, 0) is 28.6 Å². The SMILES string of the molecule is CCCCCCCC/C=C\CCCCCCCC(=O)OC(COC(=O)CCCCCCCCCC)COC(=O)CCCCCCCCCCCCCCCCCCCCCCCCCCCCC. The van der Waals surface area contributed by atoms with Gasteiger partial charge in [-0.15, -0.1) is 0 Å². The molecule has 68 heavy (non-hydrogen) atoms. The summed E-state index contributed by atoms with van der Waals surface area (Å²) in [6, 6.07) is 0. The van der Waals surface area contributed by atoms with Crippen molar-refractivity contribution >= 4 is 17.9 Å². The van der Waals surface area contributed by atoms with Gasteiger partial charge < -0.3 is 14.2 Å². The second kappa shape index (κ2) is 57.7. The molecular weight excluding hydrogens is 841 g/mol. The lowest BCUT2D eigenvalue weighted by Crippen LogP contribution is -2.30. The quantitative estimate of drug-likeness (QED) is 0.0262. The van der Waals surface area contributed by atoms with Crippen LogP contribution in [0.4, 0.5) is 0 Å². The third-order valence-corrected chi connectivity index (χ3v) is 14.0. The summed E-state index contributed by atoms with van der Waals surface area (Å²) in [5.74, 6) is -0.858. The second-order valence-corrected chi connectivity index (χ2v) is 21.0. The van der Waals surface area contributed by atoms with Crippen LogP contribution in [0.15, 0.2) is 12.2 Å². The first-order valence-electron chi connectivity index (χ1n) is 30.7. The molecule has 0 amide bonds. The molecule has 0 spiro atoms. The van der Waals surface area contributed by atoms with Crippen molar-refractivity contribution in [3.05, 3.63) is 12.2 Å². The highest BCUT2D eigenvalue weighted by Gasteiger charge is 2.19. The lowest BCUT2D eigenvalue weighted by molar-refractivity contribution is -0.167. The van der Waals surface area contributed by atoms with Gasteiger partial charge in [0.15, 0.2) is 6.10 Å². The average Bonchev–Trinajstić information content (AvgIpc) is 3.34. The predicted molar refractivity (Wildman–Crippen MR) is 293 cm³/mol. The highest BCUT2D eigenvalue weighted by atomic mass is 16.6. The van der Waals surface area contributed by atoms with Crippen LogP contribution in [0.3, 0.4) is 0 Å². The minimum absolute atomic E-state index is 0.0680. The molecule has 402 valence electrons. The Morgan fingerprint density at radius 3 is 0.735 bits per heavy atom. The molecule has 0 aromatic heterocycles. The molecule has 0 aromatic carbocycles. The summed E-state index contributed by atoms with van der Waals surface area (Å²) in [5.41, 5.74) is 0. The molecule has 0 fully saturated rings. The first-order valence-corrected chi connectivity index (χ1v) is 30.7. The van der Waals surface area contributed by atoms with Gasteiger partial charge in [-0.3, -0.25) is 14.4 Å². The number of hydrogen-bond acceptors (Lipinski definition) is 6. The van der Waals surface area contributed by atoms with E-state index in [-0.39, 0.29) is 31.1 Å². The lowest BCUT2D eigenvalue weighted by Gasteiger charge is -2.18. The van der Waals surface area contributed by atoms with Gasteiger partial charge in [-0.1, -0.05) is 296 Å². The number of esters is 3. The molecule has 0 aliphatic heterocycles. The van der Waals surface area contributed by atoms with Crippen LogP contribution in [-0.4, -0.2) is 37.2 Å². The van der Waals surface area contributed by atoms with E-state index in [0.717, 1.165) is 64.2 Å². The maximum absolute atomic E-state index is 12.8. The first-order chi connectivity index (χ1) is 33.5. The standard InChI is InChI=1S/C62H118O6/c1-4-7-10-13-16-19-21-23-25-26-27-28-29-30-31-32-33-34-35-36-38-39-41-43-46-49-52-55-61(64)67-58-59(57-66-60(63)54-51-48-45-18-15-12-9-6-3)68-62(65)56-53-50-47-44-42-40-37-24-22-20-17-14-11-8-5-2/h24,37,59H,4-23,25-36,38-58H2,1-3H3/b37-24-. The van der Waals surface area contributed by atoms with Crippen molar-refractivity contribution in [1.29, 1.82) is 0 Å². The fraction of sp³-hybridized carbons (Fsp3) is 0.919. The summed E-state index contributed by atoms with van der Waals surface area (Å²) in [5, 5.41) is 0. The Labute approximate surface area is 424 Å². The van der Waals surface area contributed by atoms with Crippen molar-refractivity contribution < 1.29 is 28.6 Å². The number of ether oxygens (including phenoxy) is 3. The maximum Gasteiger partial charge on any atom is 0.306 e. The van der Waals surface area contributed by atoms with Gasteiger partial charge >= 0.3 is 17.9 Å². The summed E-state index contributed by atoms with van der Waals surface area (Å²) < 4.78 is 16.8. The Kier molecular flexibility index (Phi) is 56.2. The van der Waals surface area contributed by atoms with Crippen LogP contribution in [0, 0.1) is 0 Å². The van der Waals surface area contributed by atoms with E-state index in [1.807, 2.05) is 0 Å². The van der Waals surface area contributed by atoms with Crippen LogP contribution >= 0.6 is 0 Å². The summed E-state index contributed by atoms with van der Waals surface area (Å²) in [6.07, 6.45) is 66.7. The Balaban J connectivity index is 4.06. The monoisotopic (exact) mass is 959 g/mol. The van der Waals surface area contributed by atoms with Crippen molar-refractivity contribution in [1.82, 2.24) is 0 Å². The van der Waals surface area contributed by atoms with Crippen molar-refractivity contribution in [2.45, 2.75) is 354 Å². The number of hydrogen-bond donors (Lipinski definition) is 0. The Bertz CT molecular complexity index is 1060. The normalized spacial score (nSPS) is 12.0. The minimum Gasteiger partial charge on any atom is -0.462 e. The van der Waals surface area contributed by atoms with Crippen LogP contribution < -0.4 is 0 Å². The van der Waals surface area contributed by atoms with Gasteiger partial charge in [0.2, 0.25) is 0 Å². The third-order valence-electron chi connectivity index (χ3n) is 14.0. The molecule has 0 aromatic rings. The zero-order valence-electron chi connectivity index (χ0n) is 46.2. The first kappa shape index (κ1) is 66.2. The van der Waals surface area contributed by atoms with Crippen LogP contribution in [0.2, 0.25) is 0 Å². The number of unbranched alkanes of at least 4 members (excludes halogenated alkanes) is 44. The van der Waals surface area contributed by atoms with E-state index >= 15 is 0 Å². The number of allylic oxidation sites excluding steroid dienone is 2. The van der Waals surface area contributed by atoms with Crippen molar-refractivity contribution in [2.24, 2.45) is 0 Å². The number of carbonyl (C=O) groups is 3. The van der Waals surface area contributed by atoms with Crippen LogP contribution in [0.25, 0.3) is 0 Å². The topological polar surface area (TPSA) is 78.9 Å². The van der Waals surface area contributed by atoms with E-state index in [1.54, 1.807) is 0 Å². The minimum atomic E-state index is -0.768. The summed E-state index contributed by atoms with van der Waals surface area (Å²) in [4.78, 5) is 38.0. The van der Waals surface area contributed by atoms with Gasteiger partial charge in [-0.05, 0) is 44.9 Å². The molecule has 0 bridgehead atoms. The third kappa shape index (κ3) is 55.1. The molecule has 1 atom stereocenters. The molecule has 0 saturated carbocycles. The van der Waals surface area contributed by atoms with E-state index < -0.39 is 6.10 Å². The highest BCUT2D eigenvalue weighted by Crippen LogP contribution is 2.18. The molecule has 0 N–H and O–H groups in total. The van der Waals surface area contributed by atoms with Crippen molar-refractivity contribution in [2.75, 3.05) is 13.2 Å². The maximum atomic E-state index is 12.8. The van der Waals surface area contributed by atoms with Crippen LogP contribution in [0.1, 0.15) is 348 Å². The lowest BCUT2D eigenvalue weighted by atomic mass is 10.0. The fourth-order valence-corrected chi connectivity index (χ4v) is 9.38. The molecule has 0 heterocycles. The van der Waals surface area contributed by atoms with Crippen molar-refractivity contribution in [3.63, 3.8) is 0 Å². The largest absolute Gasteiger partial charge is 0.462 e. The zero-order valence-corrected chi connectivity index (χ0v) is 46.2. The summed E-state index contributed by atoms with van der Waals surface area (Å²) in [7, 11) is 0.